The van der Waals surface area contributed by atoms with Gasteiger partial charge in [0.25, 0.3) is 11.8 Å². The Hall–Kier alpha value is -3.29. The normalized spacial score (nSPS) is 14.9. The van der Waals surface area contributed by atoms with Crippen molar-refractivity contribution >= 4 is 28.3 Å². The quantitative estimate of drug-likeness (QED) is 0.513. The Morgan fingerprint density at radius 2 is 1.82 bits per heavy atom. The van der Waals surface area contributed by atoms with E-state index in [2.05, 4.69) is 11.4 Å². The maximum Gasteiger partial charge on any atom is 0.259 e. The van der Waals surface area contributed by atoms with Crippen LogP contribution >= 0.6 is 0 Å². The summed E-state index contributed by atoms with van der Waals surface area (Å²) in [5, 5.41) is 2.88. The Kier molecular flexibility index (Phi) is 7.24. The molecule has 7 heteroatoms. The fourth-order valence-corrected chi connectivity index (χ4v) is 5.37. The first-order chi connectivity index (χ1) is 16.4. The molecule has 0 aliphatic carbocycles. The third-order valence-electron chi connectivity index (χ3n) is 5.92. The Bertz CT molecular complexity index is 1270. The molecular formula is C27H28N2O4S. The minimum atomic E-state index is -1.56. The molecular weight excluding hydrogens is 448 g/mol. The van der Waals surface area contributed by atoms with Crippen LogP contribution in [0.1, 0.15) is 43.8 Å². The molecule has 0 aromatic heterocycles. The lowest BCUT2D eigenvalue weighted by atomic mass is 10.0. The van der Waals surface area contributed by atoms with Gasteiger partial charge in [-0.15, -0.1) is 0 Å². The van der Waals surface area contributed by atoms with E-state index in [0.29, 0.717) is 52.7 Å². The number of hydrogen-bond acceptors (Lipinski definition) is 4. The van der Waals surface area contributed by atoms with Crippen LogP contribution in [-0.4, -0.2) is 36.3 Å². The lowest BCUT2D eigenvalue weighted by Gasteiger charge is -2.24. The van der Waals surface area contributed by atoms with Crippen LogP contribution in [0.15, 0.2) is 70.5 Å². The highest BCUT2D eigenvalue weighted by Gasteiger charge is 2.31. The lowest BCUT2D eigenvalue weighted by molar-refractivity contribution is 0.0945. The van der Waals surface area contributed by atoms with Gasteiger partial charge in [0.1, 0.15) is 0 Å². The first-order valence-corrected chi connectivity index (χ1v) is 12.4. The zero-order valence-corrected chi connectivity index (χ0v) is 20.4. The molecule has 1 aliphatic heterocycles. The summed E-state index contributed by atoms with van der Waals surface area (Å²) in [7, 11) is 0.0622. The molecule has 34 heavy (non-hydrogen) atoms. The number of benzene rings is 3. The minimum absolute atomic E-state index is 0.235. The number of nitrogens with zero attached hydrogens (tertiary/aromatic N) is 1. The number of ether oxygens (including phenoxy) is 1. The van der Waals surface area contributed by atoms with Crippen LogP contribution in [0.25, 0.3) is 0 Å². The minimum Gasteiger partial charge on any atom is -0.385 e. The number of amides is 2. The highest BCUT2D eigenvalue weighted by atomic mass is 32.2. The maximum absolute atomic E-state index is 13.7. The van der Waals surface area contributed by atoms with Crippen LogP contribution in [-0.2, 0) is 22.1 Å². The monoisotopic (exact) mass is 476 g/mol. The average Bonchev–Trinajstić information content (AvgIpc) is 2.93. The van der Waals surface area contributed by atoms with Crippen molar-refractivity contribution in [3.05, 3.63) is 88.5 Å². The molecule has 0 bridgehead atoms. The summed E-state index contributed by atoms with van der Waals surface area (Å²) in [5.41, 5.74) is 4.47. The van der Waals surface area contributed by atoms with Gasteiger partial charge in [-0.05, 0) is 61.7 Å². The van der Waals surface area contributed by atoms with Gasteiger partial charge in [0.05, 0.1) is 38.4 Å². The number of carbonyl (C=O) groups excluding carboxylic acids is 2. The van der Waals surface area contributed by atoms with E-state index in [1.54, 1.807) is 54.5 Å². The van der Waals surface area contributed by atoms with E-state index in [0.717, 1.165) is 16.7 Å². The van der Waals surface area contributed by atoms with E-state index in [9.17, 15) is 13.8 Å². The first-order valence-electron chi connectivity index (χ1n) is 11.2. The second-order valence-electron chi connectivity index (χ2n) is 8.37. The van der Waals surface area contributed by atoms with Gasteiger partial charge in [-0.2, -0.15) is 0 Å². The van der Waals surface area contributed by atoms with E-state index in [4.69, 9.17) is 4.74 Å². The van der Waals surface area contributed by atoms with Crippen LogP contribution < -0.4 is 10.2 Å². The van der Waals surface area contributed by atoms with Gasteiger partial charge >= 0.3 is 0 Å². The lowest BCUT2D eigenvalue weighted by Crippen LogP contribution is -2.31. The Balaban J connectivity index is 1.79. The molecule has 176 valence electrons. The smallest absolute Gasteiger partial charge is 0.259 e. The summed E-state index contributed by atoms with van der Waals surface area (Å²) >= 11 is 0. The van der Waals surface area contributed by atoms with Gasteiger partial charge in [0.2, 0.25) is 0 Å². The van der Waals surface area contributed by atoms with Crippen LogP contribution in [0.3, 0.4) is 0 Å². The molecule has 1 atom stereocenters. The molecule has 0 saturated heterocycles. The van der Waals surface area contributed by atoms with Crippen molar-refractivity contribution in [3.8, 4) is 0 Å². The van der Waals surface area contributed by atoms with Gasteiger partial charge in [-0.25, -0.2) is 4.21 Å². The van der Waals surface area contributed by atoms with E-state index in [1.165, 1.54) is 0 Å². The topological polar surface area (TPSA) is 75.7 Å². The van der Waals surface area contributed by atoms with E-state index >= 15 is 0 Å². The highest BCUT2D eigenvalue weighted by molar-refractivity contribution is 7.85. The zero-order chi connectivity index (χ0) is 24.2. The number of carbonyl (C=O) groups is 2. The number of rotatable bonds is 7. The van der Waals surface area contributed by atoms with Crippen LogP contribution in [0.2, 0.25) is 0 Å². The van der Waals surface area contributed by atoms with Gasteiger partial charge in [0.15, 0.2) is 0 Å². The molecule has 3 aromatic rings. The van der Waals surface area contributed by atoms with Crippen molar-refractivity contribution in [1.82, 2.24) is 5.32 Å². The van der Waals surface area contributed by atoms with Crippen molar-refractivity contribution < 1.29 is 18.5 Å². The molecule has 2 amide bonds. The number of anilines is 1. The Morgan fingerprint density at radius 3 is 2.62 bits per heavy atom. The standard InChI is InChI=1S/C27H28N2O4S/c1-18-9-10-19(2)21(15-18)17-29-23-16-20(26(30)28-13-6-14-33-3)11-12-25(23)34(32)24-8-5-4-7-22(24)27(29)31/h4-5,7-12,15-16H,6,13-14,17H2,1-3H3,(H,28,30)/t34-/m1/s1. The summed E-state index contributed by atoms with van der Waals surface area (Å²) in [6.07, 6.45) is 0.698. The summed E-state index contributed by atoms with van der Waals surface area (Å²) in [4.78, 5) is 29.2. The number of methoxy groups -OCH3 is 1. The van der Waals surface area contributed by atoms with E-state index in [1.807, 2.05) is 26.0 Å². The third kappa shape index (κ3) is 4.81. The van der Waals surface area contributed by atoms with Crippen molar-refractivity contribution in [2.75, 3.05) is 25.2 Å². The predicted octanol–water partition coefficient (Wildman–Crippen LogP) is 4.40. The van der Waals surface area contributed by atoms with Gasteiger partial charge < -0.3 is 15.0 Å². The third-order valence-corrected chi connectivity index (χ3v) is 7.42. The summed E-state index contributed by atoms with van der Waals surface area (Å²) in [6.45, 7) is 5.36. The summed E-state index contributed by atoms with van der Waals surface area (Å²) in [6, 6.07) is 18.2. The predicted molar refractivity (Wildman–Crippen MR) is 133 cm³/mol. The fourth-order valence-electron chi connectivity index (χ4n) is 4.02. The average molecular weight is 477 g/mol. The molecule has 6 nitrogen and oxygen atoms in total. The van der Waals surface area contributed by atoms with Crippen molar-refractivity contribution in [3.63, 3.8) is 0 Å². The van der Waals surface area contributed by atoms with Gasteiger partial charge in [-0.3, -0.25) is 9.59 Å². The Morgan fingerprint density at radius 1 is 1.03 bits per heavy atom. The number of aryl methyl sites for hydroxylation is 2. The molecule has 0 fully saturated rings. The van der Waals surface area contributed by atoms with Crippen LogP contribution in [0.4, 0.5) is 5.69 Å². The zero-order valence-electron chi connectivity index (χ0n) is 19.6. The highest BCUT2D eigenvalue weighted by Crippen LogP contribution is 2.36. The SMILES string of the molecule is COCCCNC(=O)c1ccc2c(c1)N(Cc1cc(C)ccc1C)C(=O)c1ccccc1[S@]2=O. The molecule has 0 saturated carbocycles. The molecule has 1 N–H and O–H groups in total. The number of fused-ring (bicyclic) bond motifs is 2. The van der Waals surface area contributed by atoms with Crippen LogP contribution in [0.5, 0.6) is 0 Å². The second-order valence-corrected chi connectivity index (χ2v) is 9.79. The summed E-state index contributed by atoms with van der Waals surface area (Å²) in [5.74, 6) is -0.480. The summed E-state index contributed by atoms with van der Waals surface area (Å²) < 4.78 is 18.6. The van der Waals surface area contributed by atoms with Crippen molar-refractivity contribution in [1.29, 1.82) is 0 Å². The molecule has 0 radical (unpaired) electrons. The van der Waals surface area contributed by atoms with Crippen molar-refractivity contribution in [2.45, 2.75) is 36.6 Å². The van der Waals surface area contributed by atoms with Crippen molar-refractivity contribution in [2.24, 2.45) is 0 Å². The molecule has 1 heterocycles. The fraction of sp³-hybridized carbons (Fsp3) is 0.259. The molecule has 3 aromatic carbocycles. The van der Waals surface area contributed by atoms with Crippen LogP contribution in [0, 0.1) is 13.8 Å². The van der Waals surface area contributed by atoms with Gasteiger partial charge in [0, 0.05) is 25.8 Å². The molecule has 4 rings (SSSR count). The number of hydrogen-bond donors (Lipinski definition) is 1. The van der Waals surface area contributed by atoms with E-state index in [-0.39, 0.29) is 11.8 Å². The Labute approximate surface area is 202 Å². The van der Waals surface area contributed by atoms with E-state index < -0.39 is 10.8 Å². The largest absolute Gasteiger partial charge is 0.385 e. The number of nitrogens with one attached hydrogen (secondary N) is 1. The molecule has 0 unspecified atom stereocenters. The second kappa shape index (κ2) is 10.3. The van der Waals surface area contributed by atoms with Gasteiger partial charge in [-0.1, -0.05) is 35.9 Å². The first kappa shape index (κ1) is 23.9. The molecule has 0 spiro atoms. The maximum atomic E-state index is 13.7. The molecule has 1 aliphatic rings.